The van der Waals surface area contributed by atoms with Gasteiger partial charge in [0.25, 0.3) is 5.91 Å². The van der Waals surface area contributed by atoms with E-state index in [4.69, 9.17) is 16.7 Å². The first kappa shape index (κ1) is 17.9. The minimum absolute atomic E-state index is 0.0234. The highest BCUT2D eigenvalue weighted by atomic mass is 35.5. The van der Waals surface area contributed by atoms with Crippen molar-refractivity contribution in [2.24, 2.45) is 5.41 Å². The highest BCUT2D eigenvalue weighted by Crippen LogP contribution is 2.31. The van der Waals surface area contributed by atoms with E-state index >= 15 is 0 Å². The molecule has 0 saturated heterocycles. The molecular formula is C17H18ClN3O3. The molecular weight excluding hydrogens is 330 g/mol. The number of hydrogen-bond acceptors (Lipinski definition) is 4. The average Bonchev–Trinajstić information content (AvgIpc) is 2.51. The molecule has 24 heavy (non-hydrogen) atoms. The Balaban J connectivity index is 2.30. The zero-order valence-electron chi connectivity index (χ0n) is 13.6. The molecule has 1 atom stereocenters. The van der Waals surface area contributed by atoms with Gasteiger partial charge in [-0.25, -0.2) is 14.8 Å². The van der Waals surface area contributed by atoms with Gasteiger partial charge in [-0.1, -0.05) is 32.4 Å². The van der Waals surface area contributed by atoms with Gasteiger partial charge in [0.15, 0.2) is 5.82 Å². The molecule has 0 radical (unpaired) electrons. The molecule has 1 aromatic carbocycles. The molecule has 0 bridgehead atoms. The van der Waals surface area contributed by atoms with Gasteiger partial charge in [-0.3, -0.25) is 4.79 Å². The van der Waals surface area contributed by atoms with Gasteiger partial charge in [0.05, 0.1) is 22.2 Å². The van der Waals surface area contributed by atoms with Gasteiger partial charge in [-0.15, -0.1) is 0 Å². The van der Waals surface area contributed by atoms with Crippen molar-refractivity contribution in [1.82, 2.24) is 15.3 Å². The third-order valence-corrected chi connectivity index (χ3v) is 3.76. The van der Waals surface area contributed by atoms with Crippen molar-refractivity contribution in [2.45, 2.75) is 26.8 Å². The van der Waals surface area contributed by atoms with E-state index in [2.05, 4.69) is 15.3 Å². The van der Waals surface area contributed by atoms with Crippen LogP contribution in [0.3, 0.4) is 0 Å². The fraction of sp³-hybridized carbons (Fsp3) is 0.294. The first-order chi connectivity index (χ1) is 11.2. The first-order valence-electron chi connectivity index (χ1n) is 7.31. The van der Waals surface area contributed by atoms with Gasteiger partial charge in [0.1, 0.15) is 0 Å². The monoisotopic (exact) mass is 347 g/mol. The maximum absolute atomic E-state index is 12.6. The molecule has 0 aliphatic heterocycles. The number of carbonyl (C=O) groups excluding carboxylic acids is 1. The van der Waals surface area contributed by atoms with Gasteiger partial charge in [-0.05, 0) is 29.7 Å². The second-order valence-corrected chi connectivity index (χ2v) is 6.79. The molecule has 1 heterocycles. The lowest BCUT2D eigenvalue weighted by atomic mass is 9.86. The summed E-state index contributed by atoms with van der Waals surface area (Å²) in [7, 11) is 0. The fourth-order valence-corrected chi connectivity index (χ4v) is 2.44. The number of carbonyl (C=O) groups is 2. The maximum Gasteiger partial charge on any atom is 0.335 e. The molecule has 0 aliphatic rings. The van der Waals surface area contributed by atoms with Crippen LogP contribution in [0, 0.1) is 5.41 Å². The van der Waals surface area contributed by atoms with Gasteiger partial charge in [0, 0.05) is 12.4 Å². The number of halogens is 1. The molecule has 0 saturated carbocycles. The van der Waals surface area contributed by atoms with E-state index in [9.17, 15) is 9.59 Å². The quantitative estimate of drug-likeness (QED) is 0.884. The Hall–Kier alpha value is -2.47. The van der Waals surface area contributed by atoms with Gasteiger partial charge in [0.2, 0.25) is 0 Å². The van der Waals surface area contributed by atoms with Crippen molar-refractivity contribution in [1.29, 1.82) is 0 Å². The highest BCUT2D eigenvalue weighted by molar-refractivity contribution is 6.34. The fourth-order valence-electron chi connectivity index (χ4n) is 2.17. The topological polar surface area (TPSA) is 92.2 Å². The maximum atomic E-state index is 12.6. The Kier molecular flexibility index (Phi) is 5.19. The summed E-state index contributed by atoms with van der Waals surface area (Å²) in [6.07, 6.45) is 3.23. The molecule has 1 unspecified atom stereocenters. The van der Waals surface area contributed by atoms with Crippen LogP contribution >= 0.6 is 11.6 Å². The number of aromatic nitrogens is 2. The summed E-state index contributed by atoms with van der Waals surface area (Å²) in [6, 6.07) is 5.26. The Labute approximate surface area is 144 Å². The van der Waals surface area contributed by atoms with E-state index in [1.54, 1.807) is 18.5 Å². The van der Waals surface area contributed by atoms with Crippen molar-refractivity contribution in [2.75, 3.05) is 0 Å². The predicted octanol–water partition coefficient (Wildman–Crippen LogP) is 3.35. The lowest BCUT2D eigenvalue weighted by molar-refractivity contribution is 0.0696. The summed E-state index contributed by atoms with van der Waals surface area (Å²) >= 11 is 6.06. The van der Waals surface area contributed by atoms with Crippen molar-refractivity contribution in [3.63, 3.8) is 0 Å². The average molecular weight is 348 g/mol. The van der Waals surface area contributed by atoms with Crippen molar-refractivity contribution in [3.8, 4) is 0 Å². The number of nitrogens with one attached hydrogen (secondary N) is 1. The molecule has 0 fully saturated rings. The van der Waals surface area contributed by atoms with E-state index in [1.165, 1.54) is 18.2 Å². The van der Waals surface area contributed by atoms with Crippen molar-refractivity contribution in [3.05, 3.63) is 58.6 Å². The van der Waals surface area contributed by atoms with Crippen LogP contribution in [-0.2, 0) is 0 Å². The van der Waals surface area contributed by atoms with E-state index < -0.39 is 17.9 Å². The Bertz CT molecular complexity index is 757. The second-order valence-electron chi connectivity index (χ2n) is 6.38. The molecule has 2 rings (SSSR count). The third kappa shape index (κ3) is 4.08. The van der Waals surface area contributed by atoms with E-state index in [1.807, 2.05) is 20.8 Å². The van der Waals surface area contributed by atoms with Crippen molar-refractivity contribution >= 4 is 23.5 Å². The standard InChI is InChI=1S/C17H18ClN3O3/c1-17(2,3)13(14-19-7-4-8-20-14)21-15(22)11-6-5-10(16(23)24)9-12(11)18/h4-9,13H,1-3H3,(H,21,22)(H,23,24). The molecule has 2 aromatic rings. The summed E-state index contributed by atoms with van der Waals surface area (Å²) in [4.78, 5) is 32.0. The lowest BCUT2D eigenvalue weighted by Gasteiger charge is -2.30. The molecule has 126 valence electrons. The number of hydrogen-bond donors (Lipinski definition) is 2. The normalized spacial score (nSPS) is 12.5. The number of carboxylic acids is 1. The Morgan fingerprint density at radius 3 is 2.33 bits per heavy atom. The van der Waals surface area contributed by atoms with Crippen LogP contribution in [0.4, 0.5) is 0 Å². The van der Waals surface area contributed by atoms with E-state index in [0.29, 0.717) is 5.82 Å². The molecule has 1 aromatic heterocycles. The number of carboxylic acid groups (broad SMARTS) is 1. The van der Waals surface area contributed by atoms with Crippen LogP contribution in [0.15, 0.2) is 36.7 Å². The number of benzene rings is 1. The second kappa shape index (κ2) is 6.97. The van der Waals surface area contributed by atoms with E-state index in [0.717, 1.165) is 0 Å². The van der Waals surface area contributed by atoms with Crippen LogP contribution in [-0.4, -0.2) is 27.0 Å². The van der Waals surface area contributed by atoms with E-state index in [-0.39, 0.29) is 21.6 Å². The van der Waals surface area contributed by atoms with Crippen LogP contribution < -0.4 is 5.32 Å². The summed E-state index contributed by atoms with van der Waals surface area (Å²) in [5.41, 5.74) is -0.105. The van der Waals surface area contributed by atoms with Gasteiger partial charge >= 0.3 is 5.97 Å². The van der Waals surface area contributed by atoms with Crippen molar-refractivity contribution < 1.29 is 14.7 Å². The number of rotatable bonds is 4. The summed E-state index contributed by atoms with van der Waals surface area (Å²) < 4.78 is 0. The van der Waals surface area contributed by atoms with Gasteiger partial charge < -0.3 is 10.4 Å². The SMILES string of the molecule is CC(C)(C)C(NC(=O)c1ccc(C(=O)O)cc1Cl)c1ncccn1. The van der Waals surface area contributed by atoms with Crippen LogP contribution in [0.25, 0.3) is 0 Å². The molecule has 0 spiro atoms. The third-order valence-electron chi connectivity index (χ3n) is 3.45. The Morgan fingerprint density at radius 2 is 1.83 bits per heavy atom. The smallest absolute Gasteiger partial charge is 0.335 e. The highest BCUT2D eigenvalue weighted by Gasteiger charge is 2.30. The summed E-state index contributed by atoms with van der Waals surface area (Å²) in [6.45, 7) is 5.89. The minimum Gasteiger partial charge on any atom is -0.478 e. The van der Waals surface area contributed by atoms with Crippen LogP contribution in [0.5, 0.6) is 0 Å². The zero-order chi connectivity index (χ0) is 17.9. The van der Waals surface area contributed by atoms with Gasteiger partial charge in [-0.2, -0.15) is 0 Å². The first-order valence-corrected chi connectivity index (χ1v) is 7.68. The molecule has 7 heteroatoms. The van der Waals surface area contributed by atoms with Crippen LogP contribution in [0.2, 0.25) is 5.02 Å². The lowest BCUT2D eigenvalue weighted by Crippen LogP contribution is -2.37. The minimum atomic E-state index is -1.10. The molecule has 1 amide bonds. The number of amides is 1. The Morgan fingerprint density at radius 1 is 1.21 bits per heavy atom. The van der Waals surface area contributed by atoms with Crippen LogP contribution in [0.1, 0.15) is 53.4 Å². The predicted molar refractivity (Wildman–Crippen MR) is 90.1 cm³/mol. The molecule has 0 aliphatic carbocycles. The molecule has 6 nitrogen and oxygen atoms in total. The zero-order valence-corrected chi connectivity index (χ0v) is 14.3. The number of aromatic carboxylic acids is 1. The largest absolute Gasteiger partial charge is 0.478 e. The summed E-state index contributed by atoms with van der Waals surface area (Å²) in [5.74, 6) is -1.02. The number of nitrogens with zero attached hydrogens (tertiary/aromatic N) is 2. The molecule has 2 N–H and O–H groups in total. The summed E-state index contributed by atoms with van der Waals surface area (Å²) in [5, 5.41) is 11.9.